The molecule has 1 aliphatic rings. The zero-order valence-electron chi connectivity index (χ0n) is 13.9. The Morgan fingerprint density at radius 3 is 2.68 bits per heavy atom. The van der Waals surface area contributed by atoms with Crippen LogP contribution in [0.15, 0.2) is 63.9 Å². The Labute approximate surface area is 144 Å². The van der Waals surface area contributed by atoms with Crippen LogP contribution in [0.2, 0.25) is 0 Å². The number of pyridine rings is 1. The van der Waals surface area contributed by atoms with Crippen molar-refractivity contribution < 1.29 is 9.21 Å². The molecular formula is C20H18N2O3. The minimum Gasteiger partial charge on any atom is -0.451 e. The quantitative estimate of drug-likeness (QED) is 0.732. The number of para-hydroxylation sites is 1. The molecule has 0 bridgehead atoms. The predicted octanol–water partition coefficient (Wildman–Crippen LogP) is 3.55. The third-order valence-electron chi connectivity index (χ3n) is 4.55. The molecule has 1 aliphatic carbocycles. The van der Waals surface area contributed by atoms with E-state index in [1.54, 1.807) is 35.4 Å². The molecule has 126 valence electrons. The second-order valence-corrected chi connectivity index (χ2v) is 6.35. The number of aromatic nitrogens is 1. The van der Waals surface area contributed by atoms with Crippen molar-refractivity contribution in [2.75, 3.05) is 0 Å². The monoisotopic (exact) mass is 334 g/mol. The molecule has 0 spiro atoms. The number of benzene rings is 1. The molecule has 1 fully saturated rings. The van der Waals surface area contributed by atoms with Crippen molar-refractivity contribution in [1.29, 1.82) is 0 Å². The normalized spacial score (nSPS) is 15.1. The first kappa shape index (κ1) is 15.6. The van der Waals surface area contributed by atoms with Gasteiger partial charge in [-0.05, 0) is 44.0 Å². The second kappa shape index (κ2) is 6.16. The lowest BCUT2D eigenvalue weighted by Gasteiger charge is -2.28. The Hall–Kier alpha value is -2.95. The first-order valence-electron chi connectivity index (χ1n) is 8.41. The van der Waals surface area contributed by atoms with Crippen LogP contribution in [-0.4, -0.2) is 21.8 Å². The number of hydrogen-bond donors (Lipinski definition) is 0. The van der Waals surface area contributed by atoms with Crippen molar-refractivity contribution >= 4 is 16.9 Å². The first-order chi connectivity index (χ1) is 12.1. The standard InChI is InChI=1S/C20H18N2O3/c1-13(16-7-4-5-11-21-16)22(14-9-10-14)20(24)19-12-17(23)15-6-2-3-8-18(15)25-19/h2-8,11-14H,9-10H2,1H3/t13-/m0/s1. The van der Waals surface area contributed by atoms with Gasteiger partial charge in [-0.3, -0.25) is 14.6 Å². The first-order valence-corrected chi connectivity index (χ1v) is 8.41. The van der Waals surface area contributed by atoms with E-state index in [-0.39, 0.29) is 29.2 Å². The van der Waals surface area contributed by atoms with Gasteiger partial charge in [-0.1, -0.05) is 18.2 Å². The van der Waals surface area contributed by atoms with E-state index in [2.05, 4.69) is 4.98 Å². The molecule has 5 nitrogen and oxygen atoms in total. The van der Waals surface area contributed by atoms with Gasteiger partial charge in [0.2, 0.25) is 0 Å². The number of nitrogens with zero attached hydrogens (tertiary/aromatic N) is 2. The maximum absolute atomic E-state index is 13.1. The van der Waals surface area contributed by atoms with Crippen molar-refractivity contribution in [1.82, 2.24) is 9.88 Å². The molecule has 2 aromatic heterocycles. The molecule has 25 heavy (non-hydrogen) atoms. The average Bonchev–Trinajstić information content (AvgIpc) is 3.47. The van der Waals surface area contributed by atoms with Crippen molar-refractivity contribution in [3.05, 3.63) is 76.4 Å². The number of amides is 1. The molecule has 0 N–H and O–H groups in total. The van der Waals surface area contributed by atoms with Gasteiger partial charge in [0.15, 0.2) is 11.2 Å². The molecule has 0 radical (unpaired) electrons. The largest absolute Gasteiger partial charge is 0.451 e. The molecule has 2 heterocycles. The van der Waals surface area contributed by atoms with Crippen molar-refractivity contribution in [2.45, 2.75) is 31.8 Å². The molecule has 0 unspecified atom stereocenters. The van der Waals surface area contributed by atoms with E-state index < -0.39 is 0 Å². The Bertz CT molecular complexity index is 977. The Balaban J connectivity index is 1.74. The van der Waals surface area contributed by atoms with Gasteiger partial charge in [-0.25, -0.2) is 0 Å². The fourth-order valence-electron chi connectivity index (χ4n) is 3.11. The Morgan fingerprint density at radius 2 is 1.96 bits per heavy atom. The zero-order chi connectivity index (χ0) is 17.4. The van der Waals surface area contributed by atoms with Crippen molar-refractivity contribution in [3.8, 4) is 0 Å². The van der Waals surface area contributed by atoms with Gasteiger partial charge in [0, 0.05) is 18.3 Å². The topological polar surface area (TPSA) is 63.4 Å². The van der Waals surface area contributed by atoms with Crippen LogP contribution in [0, 0.1) is 0 Å². The van der Waals surface area contributed by atoms with Crippen LogP contribution in [0.4, 0.5) is 0 Å². The fourth-order valence-corrected chi connectivity index (χ4v) is 3.11. The molecule has 1 atom stereocenters. The summed E-state index contributed by atoms with van der Waals surface area (Å²) in [5.74, 6) is -0.179. The lowest BCUT2D eigenvalue weighted by molar-refractivity contribution is 0.0638. The summed E-state index contributed by atoms with van der Waals surface area (Å²) in [4.78, 5) is 31.6. The predicted molar refractivity (Wildman–Crippen MR) is 94.3 cm³/mol. The fraction of sp³-hybridized carbons (Fsp3) is 0.250. The lowest BCUT2D eigenvalue weighted by Crippen LogP contribution is -2.36. The number of carbonyl (C=O) groups is 1. The van der Waals surface area contributed by atoms with Crippen LogP contribution in [0.5, 0.6) is 0 Å². The third kappa shape index (κ3) is 2.93. The summed E-state index contributed by atoms with van der Waals surface area (Å²) in [6, 6.07) is 13.9. The van der Waals surface area contributed by atoms with Gasteiger partial charge in [0.1, 0.15) is 5.58 Å². The summed E-state index contributed by atoms with van der Waals surface area (Å²) in [5, 5.41) is 0.481. The Morgan fingerprint density at radius 1 is 1.20 bits per heavy atom. The smallest absolute Gasteiger partial charge is 0.290 e. The highest BCUT2D eigenvalue weighted by Crippen LogP contribution is 2.35. The second-order valence-electron chi connectivity index (χ2n) is 6.35. The van der Waals surface area contributed by atoms with Gasteiger partial charge in [-0.2, -0.15) is 0 Å². The molecule has 0 saturated heterocycles. The summed E-state index contributed by atoms with van der Waals surface area (Å²) < 4.78 is 5.74. The van der Waals surface area contributed by atoms with E-state index >= 15 is 0 Å². The summed E-state index contributed by atoms with van der Waals surface area (Å²) in [5.41, 5.74) is 1.05. The van der Waals surface area contributed by atoms with Crippen molar-refractivity contribution in [2.24, 2.45) is 0 Å². The number of hydrogen-bond acceptors (Lipinski definition) is 4. The third-order valence-corrected chi connectivity index (χ3v) is 4.55. The highest BCUT2D eigenvalue weighted by Gasteiger charge is 2.38. The molecule has 5 heteroatoms. The molecule has 4 rings (SSSR count). The molecule has 1 aromatic carbocycles. The average molecular weight is 334 g/mol. The number of rotatable bonds is 4. The minimum absolute atomic E-state index is 0.0818. The zero-order valence-corrected chi connectivity index (χ0v) is 13.9. The van der Waals surface area contributed by atoms with Crippen LogP contribution in [0.3, 0.4) is 0 Å². The number of carbonyl (C=O) groups excluding carboxylic acids is 1. The summed E-state index contributed by atoms with van der Waals surface area (Å²) in [6.45, 7) is 1.96. The van der Waals surface area contributed by atoms with Crippen molar-refractivity contribution in [3.63, 3.8) is 0 Å². The minimum atomic E-state index is -0.261. The van der Waals surface area contributed by atoms with Crippen LogP contribution in [0.25, 0.3) is 11.0 Å². The molecule has 3 aromatic rings. The summed E-state index contributed by atoms with van der Waals surface area (Å²) in [7, 11) is 0. The molecular weight excluding hydrogens is 316 g/mol. The van der Waals surface area contributed by atoms with E-state index in [0.717, 1.165) is 18.5 Å². The Kier molecular flexibility index (Phi) is 3.84. The van der Waals surface area contributed by atoms with E-state index in [0.29, 0.717) is 11.0 Å². The highest BCUT2D eigenvalue weighted by atomic mass is 16.3. The van der Waals surface area contributed by atoms with Gasteiger partial charge in [0.05, 0.1) is 17.1 Å². The number of fused-ring (bicyclic) bond motifs is 1. The molecule has 1 saturated carbocycles. The van der Waals surface area contributed by atoms with E-state index in [9.17, 15) is 9.59 Å². The summed E-state index contributed by atoms with van der Waals surface area (Å²) in [6.07, 6.45) is 3.64. The van der Waals surface area contributed by atoms with Crippen LogP contribution < -0.4 is 5.43 Å². The summed E-state index contributed by atoms with van der Waals surface area (Å²) >= 11 is 0. The van der Waals surface area contributed by atoms with Gasteiger partial charge in [0.25, 0.3) is 5.91 Å². The maximum Gasteiger partial charge on any atom is 0.290 e. The van der Waals surface area contributed by atoms with E-state index in [4.69, 9.17) is 4.42 Å². The molecule has 0 aliphatic heterocycles. The molecule has 1 amide bonds. The maximum atomic E-state index is 13.1. The lowest BCUT2D eigenvalue weighted by atomic mass is 10.1. The van der Waals surface area contributed by atoms with Crippen LogP contribution >= 0.6 is 0 Å². The van der Waals surface area contributed by atoms with Crippen LogP contribution in [-0.2, 0) is 0 Å². The van der Waals surface area contributed by atoms with Gasteiger partial charge < -0.3 is 9.32 Å². The van der Waals surface area contributed by atoms with Gasteiger partial charge >= 0.3 is 0 Å². The van der Waals surface area contributed by atoms with E-state index in [1.807, 2.05) is 25.1 Å². The van der Waals surface area contributed by atoms with Crippen LogP contribution in [0.1, 0.15) is 42.1 Å². The van der Waals surface area contributed by atoms with E-state index in [1.165, 1.54) is 6.07 Å². The highest BCUT2D eigenvalue weighted by molar-refractivity contribution is 5.93. The van der Waals surface area contributed by atoms with Gasteiger partial charge in [-0.15, -0.1) is 0 Å². The SMILES string of the molecule is C[C@@H](c1ccccn1)N(C(=O)c1cc(=O)c2ccccc2o1)C1CC1.